The highest BCUT2D eigenvalue weighted by atomic mass is 16.6. The average Bonchev–Trinajstić information content (AvgIpc) is 3.14. The summed E-state index contributed by atoms with van der Waals surface area (Å²) in [6, 6.07) is -2.50. The number of aliphatic hydroxyl groups excluding tert-OH is 8. The second kappa shape index (κ2) is 28.0. The number of ketones is 3. The lowest BCUT2D eigenvalue weighted by Crippen LogP contribution is -2.46. The van der Waals surface area contributed by atoms with Crippen molar-refractivity contribution >= 4 is 17.3 Å². The van der Waals surface area contributed by atoms with Crippen LogP contribution in [-0.4, -0.2) is 130 Å². The molecule has 6 rings (SSSR count). The van der Waals surface area contributed by atoms with E-state index in [1.807, 2.05) is 0 Å². The summed E-state index contributed by atoms with van der Waals surface area (Å²) in [5.41, 5.74) is -0.416. The quantitative estimate of drug-likeness (QED) is 0.115. The van der Waals surface area contributed by atoms with Crippen molar-refractivity contribution in [3.8, 4) is 0 Å². The van der Waals surface area contributed by atoms with Gasteiger partial charge in [-0.3, -0.25) is 34.6 Å². The maximum Gasteiger partial charge on any atom is 0.327 e. The molecule has 6 aliphatic rings. The van der Waals surface area contributed by atoms with Gasteiger partial charge in [0.1, 0.15) is 0 Å². The molecule has 332 valence electrons. The Hall–Kier alpha value is -2.51. The largest absolute Gasteiger partial charge is 0.396 e. The van der Waals surface area contributed by atoms with E-state index >= 15 is 0 Å². The first-order valence-corrected chi connectivity index (χ1v) is 20.9. The van der Waals surface area contributed by atoms with Crippen LogP contribution in [0.1, 0.15) is 155 Å². The Bertz CT molecular complexity index is 1130. The third-order valence-electron chi connectivity index (χ3n) is 11.4. The highest BCUT2D eigenvalue weighted by Gasteiger charge is 2.46. The molecule has 6 aliphatic carbocycles. The molecule has 57 heavy (non-hydrogen) atoms. The number of nitro groups is 2. The van der Waals surface area contributed by atoms with Gasteiger partial charge in [0.25, 0.3) is 6.04 Å². The standard InChI is InChI=1S/C8H11NO4.C8H16O2.C6H9NO3.3C6H12O2/c1-8(2)3-5(10)7(9(12)13)6(11)4-8;9-5-7-1-2-8(6-10)4-3-7;8-6-4-2-1-3-5(6)7(9)10;7-5-1-2-6(8)4-3-5;7-5-2-1-3-6(8)4-5;7-5-3-1-2-4-6(5)8/h7H,3-4H2,1-2H3;7-10H,1-6H2;5H,1-4H2;3*5-8H,1-4H2/t;;;;;5-,6+. The summed E-state index contributed by atoms with van der Waals surface area (Å²) in [5.74, 6) is -0.292. The third-order valence-corrected chi connectivity index (χ3v) is 11.4. The molecule has 0 spiro atoms. The van der Waals surface area contributed by atoms with Gasteiger partial charge >= 0.3 is 6.04 Å². The predicted octanol–water partition coefficient (Wildman–Crippen LogP) is 2.99. The zero-order valence-electron chi connectivity index (χ0n) is 34.1. The van der Waals surface area contributed by atoms with Gasteiger partial charge in [-0.25, -0.2) is 0 Å². The molecule has 0 aliphatic heterocycles. The van der Waals surface area contributed by atoms with E-state index in [1.54, 1.807) is 13.8 Å². The summed E-state index contributed by atoms with van der Waals surface area (Å²) < 4.78 is 0. The molecule has 6 saturated carbocycles. The molecule has 0 amide bonds. The minimum atomic E-state index is -1.60. The second-order valence-corrected chi connectivity index (χ2v) is 17.3. The lowest BCUT2D eigenvalue weighted by atomic mass is 9.74. The van der Waals surface area contributed by atoms with Gasteiger partial charge in [-0.1, -0.05) is 26.7 Å². The molecule has 0 aromatic carbocycles. The summed E-state index contributed by atoms with van der Waals surface area (Å²) >= 11 is 0. The first kappa shape index (κ1) is 52.5. The maximum atomic E-state index is 11.2. The van der Waals surface area contributed by atoms with Crippen LogP contribution in [0, 0.1) is 37.5 Å². The van der Waals surface area contributed by atoms with Crippen molar-refractivity contribution in [3.63, 3.8) is 0 Å². The number of carbonyl (C=O) groups excluding carboxylic acids is 3. The van der Waals surface area contributed by atoms with E-state index in [0.29, 0.717) is 44.3 Å². The molecule has 17 nitrogen and oxygen atoms in total. The maximum absolute atomic E-state index is 11.2. The van der Waals surface area contributed by atoms with Crippen LogP contribution in [-0.2, 0) is 14.4 Å². The molecule has 3 unspecified atom stereocenters. The van der Waals surface area contributed by atoms with Crippen molar-refractivity contribution in [2.24, 2.45) is 17.3 Å². The van der Waals surface area contributed by atoms with Crippen molar-refractivity contribution in [1.82, 2.24) is 0 Å². The van der Waals surface area contributed by atoms with Crippen LogP contribution in [0.15, 0.2) is 0 Å². The van der Waals surface area contributed by atoms with Gasteiger partial charge in [-0.15, -0.1) is 0 Å². The Labute approximate surface area is 336 Å². The van der Waals surface area contributed by atoms with E-state index in [9.17, 15) is 34.6 Å². The molecular formula is C40H72N2O15. The van der Waals surface area contributed by atoms with Gasteiger partial charge in [-0.2, -0.15) is 0 Å². The normalized spacial score (nSPS) is 32.7. The lowest BCUT2D eigenvalue weighted by molar-refractivity contribution is -0.509. The Morgan fingerprint density at radius 1 is 0.526 bits per heavy atom. The second-order valence-electron chi connectivity index (χ2n) is 17.3. The van der Waals surface area contributed by atoms with Gasteiger partial charge in [0.15, 0.2) is 0 Å². The van der Waals surface area contributed by atoms with Gasteiger partial charge in [0.05, 0.1) is 36.6 Å². The lowest BCUT2D eigenvalue weighted by Gasteiger charge is -2.27. The molecular weight excluding hydrogens is 748 g/mol. The summed E-state index contributed by atoms with van der Waals surface area (Å²) in [5, 5.41) is 91.6. The van der Waals surface area contributed by atoms with Gasteiger partial charge in [0, 0.05) is 48.7 Å². The van der Waals surface area contributed by atoms with E-state index in [4.69, 9.17) is 40.9 Å². The number of rotatable bonds is 4. The predicted molar refractivity (Wildman–Crippen MR) is 209 cm³/mol. The van der Waals surface area contributed by atoms with Crippen LogP contribution in [0.25, 0.3) is 0 Å². The molecule has 0 radical (unpaired) electrons. The van der Waals surface area contributed by atoms with Gasteiger partial charge < -0.3 is 40.9 Å². The molecule has 0 heterocycles. The Balaban J connectivity index is 0.000000345. The number of aliphatic hydroxyl groups is 8. The average molecular weight is 821 g/mol. The number of carbonyl (C=O) groups is 3. The minimum absolute atomic E-state index is 0.115. The zero-order valence-corrected chi connectivity index (χ0v) is 34.1. The Morgan fingerprint density at radius 2 is 0.930 bits per heavy atom. The highest BCUT2D eigenvalue weighted by molar-refractivity contribution is 6.07. The van der Waals surface area contributed by atoms with Crippen LogP contribution in [0.3, 0.4) is 0 Å². The van der Waals surface area contributed by atoms with Crippen LogP contribution in [0.5, 0.6) is 0 Å². The minimum Gasteiger partial charge on any atom is -0.396 e. The van der Waals surface area contributed by atoms with Crippen LogP contribution < -0.4 is 0 Å². The summed E-state index contributed by atoms with van der Waals surface area (Å²) in [6.45, 7) is 4.19. The van der Waals surface area contributed by atoms with E-state index in [2.05, 4.69) is 0 Å². The summed E-state index contributed by atoms with van der Waals surface area (Å²) in [4.78, 5) is 52.4. The van der Waals surface area contributed by atoms with Crippen LogP contribution in [0.4, 0.5) is 0 Å². The monoisotopic (exact) mass is 820 g/mol. The summed E-state index contributed by atoms with van der Waals surface area (Å²) in [6.07, 6.45) is 15.6. The molecule has 5 atom stereocenters. The van der Waals surface area contributed by atoms with Crippen molar-refractivity contribution < 1.29 is 65.1 Å². The molecule has 0 aromatic heterocycles. The van der Waals surface area contributed by atoms with Gasteiger partial charge in [-0.05, 0) is 120 Å². The molecule has 0 bridgehead atoms. The molecule has 8 N–H and O–H groups in total. The molecule has 0 saturated heterocycles. The van der Waals surface area contributed by atoms with E-state index in [-0.39, 0.29) is 43.0 Å². The topological polar surface area (TPSA) is 299 Å². The number of hydrogen-bond donors (Lipinski definition) is 8. The summed E-state index contributed by atoms with van der Waals surface area (Å²) in [7, 11) is 0. The smallest absolute Gasteiger partial charge is 0.327 e. The first-order valence-electron chi connectivity index (χ1n) is 20.9. The van der Waals surface area contributed by atoms with Crippen molar-refractivity contribution in [2.75, 3.05) is 13.2 Å². The van der Waals surface area contributed by atoms with Crippen LogP contribution >= 0.6 is 0 Å². The molecule has 6 fully saturated rings. The number of nitrogens with zero attached hydrogens (tertiary/aromatic N) is 2. The Kier molecular flexibility index (Phi) is 25.8. The zero-order chi connectivity index (χ0) is 43.1. The van der Waals surface area contributed by atoms with Gasteiger partial charge in [0.2, 0.25) is 17.3 Å². The van der Waals surface area contributed by atoms with Crippen molar-refractivity contribution in [2.45, 2.75) is 204 Å². The van der Waals surface area contributed by atoms with E-state index < -0.39 is 51.1 Å². The van der Waals surface area contributed by atoms with Crippen LogP contribution in [0.2, 0.25) is 0 Å². The third kappa shape index (κ3) is 22.4. The Morgan fingerprint density at radius 3 is 1.21 bits per heavy atom. The first-order chi connectivity index (χ1) is 26.8. The van der Waals surface area contributed by atoms with Crippen molar-refractivity contribution in [1.29, 1.82) is 0 Å². The fourth-order valence-electron chi connectivity index (χ4n) is 7.69. The van der Waals surface area contributed by atoms with Crippen molar-refractivity contribution in [3.05, 3.63) is 20.2 Å². The highest BCUT2D eigenvalue weighted by Crippen LogP contribution is 2.32. The van der Waals surface area contributed by atoms with E-state index in [0.717, 1.165) is 109 Å². The fraction of sp³-hybridized carbons (Fsp3) is 0.925. The number of Topliss-reactive ketones (excluding diaryl/α,β-unsaturated/α-hetero) is 3. The number of hydrogen-bond acceptors (Lipinski definition) is 15. The SMILES string of the molecule is CC1(C)CC(=O)C([N+](=O)[O-])C(=O)C1.O=C1CCCCC1[N+](=O)[O-].OC1CCC(O)CC1.OC1CCCC(O)C1.OCC1CCC(CO)CC1.O[C@@H]1CCCC[C@@H]1O. The fourth-order valence-corrected chi connectivity index (χ4v) is 7.69. The van der Waals surface area contributed by atoms with E-state index in [1.165, 1.54) is 0 Å². The molecule has 17 heteroatoms. The molecule has 0 aromatic rings.